The minimum atomic E-state index is -3.31. The minimum absolute atomic E-state index is 0.106. The van der Waals surface area contributed by atoms with Gasteiger partial charge in [0.15, 0.2) is 0 Å². The van der Waals surface area contributed by atoms with Crippen LogP contribution in [0.3, 0.4) is 0 Å². The molecule has 0 saturated heterocycles. The van der Waals surface area contributed by atoms with Gasteiger partial charge in [0, 0.05) is 6.92 Å². The number of hydrogen-bond donors (Lipinski definition) is 1. The average Bonchev–Trinajstić information content (AvgIpc) is 2.10. The van der Waals surface area contributed by atoms with E-state index < -0.39 is 10.0 Å². The number of rotatable bonds is 2. The van der Waals surface area contributed by atoms with Crippen LogP contribution in [-0.4, -0.2) is 24.9 Å². The molecule has 62 valence electrons. The first-order valence-electron chi connectivity index (χ1n) is 2.75. The molecule has 6 nitrogen and oxygen atoms in total. The molecule has 0 fully saturated rings. The maximum atomic E-state index is 10.6. The molecule has 0 aliphatic heterocycles. The van der Waals surface area contributed by atoms with Crippen LogP contribution in [0.4, 0.5) is 6.01 Å². The van der Waals surface area contributed by atoms with Crippen LogP contribution in [0, 0.1) is 6.92 Å². The Bertz CT molecular complexity index is 341. The minimum Gasteiger partial charge on any atom is -0.408 e. The topological polar surface area (TPSA) is 85.1 Å². The summed E-state index contributed by atoms with van der Waals surface area (Å²) in [6.07, 6.45) is 1.01. The molecule has 11 heavy (non-hydrogen) atoms. The monoisotopic (exact) mass is 177 g/mol. The number of anilines is 1. The van der Waals surface area contributed by atoms with Gasteiger partial charge in [0.25, 0.3) is 0 Å². The Balaban J connectivity index is 2.81. The van der Waals surface area contributed by atoms with Gasteiger partial charge in [-0.3, -0.25) is 0 Å². The van der Waals surface area contributed by atoms with Gasteiger partial charge in [-0.1, -0.05) is 5.10 Å². The lowest BCUT2D eigenvalue weighted by atomic mass is 10.8. The normalized spacial score (nSPS) is 11.5. The smallest absolute Gasteiger partial charge is 0.329 e. The van der Waals surface area contributed by atoms with E-state index in [4.69, 9.17) is 4.42 Å². The fraction of sp³-hybridized carbons (Fsp3) is 0.500. The van der Waals surface area contributed by atoms with Gasteiger partial charge in [-0.05, 0) is 0 Å². The van der Waals surface area contributed by atoms with Crippen molar-refractivity contribution in [2.75, 3.05) is 11.0 Å². The highest BCUT2D eigenvalue weighted by atomic mass is 32.2. The zero-order valence-electron chi connectivity index (χ0n) is 6.03. The van der Waals surface area contributed by atoms with Crippen LogP contribution in [0.25, 0.3) is 0 Å². The van der Waals surface area contributed by atoms with E-state index in [1.807, 2.05) is 4.72 Å². The van der Waals surface area contributed by atoms with Crippen LogP contribution in [0.1, 0.15) is 5.89 Å². The molecule has 0 aliphatic rings. The van der Waals surface area contributed by atoms with Gasteiger partial charge < -0.3 is 4.42 Å². The predicted molar refractivity (Wildman–Crippen MR) is 37.5 cm³/mol. The van der Waals surface area contributed by atoms with E-state index in [0.29, 0.717) is 5.89 Å². The Morgan fingerprint density at radius 3 is 2.45 bits per heavy atom. The van der Waals surface area contributed by atoms with Crippen molar-refractivity contribution in [2.24, 2.45) is 0 Å². The molecule has 0 bridgehead atoms. The van der Waals surface area contributed by atoms with Crippen molar-refractivity contribution in [1.29, 1.82) is 0 Å². The third-order valence-electron chi connectivity index (χ3n) is 0.799. The van der Waals surface area contributed by atoms with Crippen molar-refractivity contribution >= 4 is 16.0 Å². The van der Waals surface area contributed by atoms with Crippen molar-refractivity contribution < 1.29 is 12.8 Å². The van der Waals surface area contributed by atoms with E-state index in [0.717, 1.165) is 6.26 Å². The number of nitrogens with one attached hydrogen (secondary N) is 1. The summed E-state index contributed by atoms with van der Waals surface area (Å²) in [4.78, 5) is 0. The molecule has 0 spiro atoms. The summed E-state index contributed by atoms with van der Waals surface area (Å²) >= 11 is 0. The third kappa shape index (κ3) is 2.54. The summed E-state index contributed by atoms with van der Waals surface area (Å²) in [6, 6.07) is -0.106. The largest absolute Gasteiger partial charge is 0.408 e. The Labute approximate surface area is 63.7 Å². The SMILES string of the molecule is Cc1nnc(NS(C)(=O)=O)o1. The third-order valence-corrected chi connectivity index (χ3v) is 1.34. The van der Waals surface area contributed by atoms with Crippen LogP contribution < -0.4 is 4.72 Å². The molecule has 7 heteroatoms. The lowest BCUT2D eigenvalue weighted by Gasteiger charge is -1.93. The Kier molecular flexibility index (Phi) is 1.81. The first-order chi connectivity index (χ1) is 4.97. The van der Waals surface area contributed by atoms with Crippen molar-refractivity contribution in [3.05, 3.63) is 5.89 Å². The van der Waals surface area contributed by atoms with Gasteiger partial charge in [0.05, 0.1) is 6.26 Å². The van der Waals surface area contributed by atoms with E-state index in [2.05, 4.69) is 10.2 Å². The number of sulfonamides is 1. The fourth-order valence-corrected chi connectivity index (χ4v) is 0.896. The molecule has 1 N–H and O–H groups in total. The van der Waals surface area contributed by atoms with Crippen molar-refractivity contribution in [3.63, 3.8) is 0 Å². The molecule has 0 saturated carbocycles. The van der Waals surface area contributed by atoms with E-state index in [1.54, 1.807) is 6.92 Å². The number of hydrogen-bond acceptors (Lipinski definition) is 5. The fourth-order valence-electron chi connectivity index (χ4n) is 0.496. The Hall–Kier alpha value is -1.11. The standard InChI is InChI=1S/C4H7N3O3S/c1-3-5-6-4(10-3)7-11(2,8)9/h1-2H3,(H,6,7). The first-order valence-corrected chi connectivity index (χ1v) is 4.64. The summed E-state index contributed by atoms with van der Waals surface area (Å²) in [5.74, 6) is 0.316. The van der Waals surface area contributed by atoms with Gasteiger partial charge >= 0.3 is 6.01 Å². The van der Waals surface area contributed by atoms with E-state index in [-0.39, 0.29) is 6.01 Å². The molecule has 1 rings (SSSR count). The van der Waals surface area contributed by atoms with E-state index >= 15 is 0 Å². The van der Waals surface area contributed by atoms with Gasteiger partial charge in [-0.15, -0.1) is 5.10 Å². The van der Waals surface area contributed by atoms with Crippen molar-refractivity contribution in [1.82, 2.24) is 10.2 Å². The molecule has 0 atom stereocenters. The van der Waals surface area contributed by atoms with Gasteiger partial charge in [-0.25, -0.2) is 13.1 Å². The van der Waals surface area contributed by atoms with Crippen LogP contribution in [0.15, 0.2) is 4.42 Å². The van der Waals surface area contributed by atoms with Crippen LogP contribution in [0.2, 0.25) is 0 Å². The average molecular weight is 177 g/mol. The zero-order valence-corrected chi connectivity index (χ0v) is 6.84. The Morgan fingerprint density at radius 2 is 2.09 bits per heavy atom. The molecular formula is C4H7N3O3S. The second kappa shape index (κ2) is 2.50. The highest BCUT2D eigenvalue weighted by Gasteiger charge is 2.06. The molecule has 0 aromatic carbocycles. The summed E-state index contributed by atoms with van der Waals surface area (Å²) in [6.45, 7) is 1.57. The number of nitrogens with zero attached hydrogens (tertiary/aromatic N) is 2. The van der Waals surface area contributed by atoms with Gasteiger partial charge in [0.1, 0.15) is 0 Å². The van der Waals surface area contributed by atoms with Crippen molar-refractivity contribution in [2.45, 2.75) is 6.92 Å². The lowest BCUT2D eigenvalue weighted by Crippen LogP contribution is -2.09. The first kappa shape index (κ1) is 7.99. The Morgan fingerprint density at radius 1 is 1.45 bits per heavy atom. The molecule has 1 aromatic rings. The van der Waals surface area contributed by atoms with E-state index in [1.165, 1.54) is 0 Å². The molecule has 1 aromatic heterocycles. The predicted octanol–water partition coefficient (Wildman–Crippen LogP) is -0.250. The second-order valence-electron chi connectivity index (χ2n) is 2.00. The van der Waals surface area contributed by atoms with Crippen LogP contribution in [0.5, 0.6) is 0 Å². The highest BCUT2D eigenvalue weighted by Crippen LogP contribution is 2.04. The molecule has 0 aliphatic carbocycles. The summed E-state index contributed by atoms with van der Waals surface area (Å²) in [7, 11) is -3.31. The summed E-state index contributed by atoms with van der Waals surface area (Å²) < 4.78 is 27.9. The maximum absolute atomic E-state index is 10.6. The van der Waals surface area contributed by atoms with E-state index in [9.17, 15) is 8.42 Å². The van der Waals surface area contributed by atoms with Crippen LogP contribution in [-0.2, 0) is 10.0 Å². The zero-order chi connectivity index (χ0) is 8.48. The quantitative estimate of drug-likeness (QED) is 0.673. The molecule has 0 unspecified atom stereocenters. The van der Waals surface area contributed by atoms with Crippen LogP contribution >= 0.6 is 0 Å². The van der Waals surface area contributed by atoms with Crippen molar-refractivity contribution in [3.8, 4) is 0 Å². The molecule has 0 amide bonds. The lowest BCUT2D eigenvalue weighted by molar-refractivity contribution is 0.534. The number of aromatic nitrogens is 2. The second-order valence-corrected chi connectivity index (χ2v) is 3.75. The molecule has 1 heterocycles. The highest BCUT2D eigenvalue weighted by molar-refractivity contribution is 7.91. The maximum Gasteiger partial charge on any atom is 0.329 e. The summed E-state index contributed by atoms with van der Waals surface area (Å²) in [5, 5.41) is 6.85. The number of aryl methyl sites for hydroxylation is 1. The van der Waals surface area contributed by atoms with Gasteiger partial charge in [0.2, 0.25) is 15.9 Å². The molecule has 0 radical (unpaired) electrons. The summed E-state index contributed by atoms with van der Waals surface area (Å²) in [5.41, 5.74) is 0. The van der Waals surface area contributed by atoms with Gasteiger partial charge in [-0.2, -0.15) is 0 Å². The molecular weight excluding hydrogens is 170 g/mol.